The monoisotopic (exact) mass is 349 g/mol. The summed E-state index contributed by atoms with van der Waals surface area (Å²) in [6.07, 6.45) is 1.41. The van der Waals surface area contributed by atoms with Crippen LogP contribution in [0.2, 0.25) is 5.02 Å². The molecule has 6 heteroatoms. The molecule has 0 heterocycles. The number of amides is 1. The number of aliphatic hydroxyl groups is 1. The topological polar surface area (TPSA) is 58.6 Å². The molecule has 1 rings (SSSR count). The lowest BCUT2D eigenvalue weighted by Crippen LogP contribution is -2.36. The predicted octanol–water partition coefficient (Wildman–Crippen LogP) is 2.76. The van der Waals surface area contributed by atoms with Gasteiger partial charge < -0.3 is 15.2 Å². The molecule has 0 spiro atoms. The molecular formula is C13H17BrClNO3. The number of hydrogen-bond acceptors (Lipinski definition) is 3. The minimum atomic E-state index is -0.188. The molecule has 0 bridgehead atoms. The Bertz CT molecular complexity index is 428. The van der Waals surface area contributed by atoms with Crippen molar-refractivity contribution in [2.75, 3.05) is 13.2 Å². The molecule has 1 atom stereocenters. The Balaban J connectivity index is 2.37. The maximum absolute atomic E-state index is 11.6. The summed E-state index contributed by atoms with van der Waals surface area (Å²) in [5.41, 5.74) is 0. The zero-order valence-corrected chi connectivity index (χ0v) is 13.0. The molecule has 4 nitrogen and oxygen atoms in total. The fourth-order valence-corrected chi connectivity index (χ4v) is 2.32. The van der Waals surface area contributed by atoms with Gasteiger partial charge in [0.1, 0.15) is 5.75 Å². The minimum absolute atomic E-state index is 0.0249. The van der Waals surface area contributed by atoms with Gasteiger partial charge in [-0.1, -0.05) is 11.6 Å². The lowest BCUT2D eigenvalue weighted by molar-refractivity contribution is -0.123. The Hall–Kier alpha value is -0.780. The summed E-state index contributed by atoms with van der Waals surface area (Å²) in [6, 6.07) is 5.13. The third-order valence-electron chi connectivity index (χ3n) is 2.46. The van der Waals surface area contributed by atoms with Crippen LogP contribution in [0.15, 0.2) is 22.7 Å². The van der Waals surface area contributed by atoms with Crippen molar-refractivity contribution in [1.29, 1.82) is 0 Å². The van der Waals surface area contributed by atoms with Gasteiger partial charge in [0.25, 0.3) is 5.91 Å². The Morgan fingerprint density at radius 3 is 2.95 bits per heavy atom. The second-order valence-electron chi connectivity index (χ2n) is 4.20. The van der Waals surface area contributed by atoms with Gasteiger partial charge in [0.05, 0.1) is 4.47 Å². The Morgan fingerprint density at radius 2 is 2.32 bits per heavy atom. The van der Waals surface area contributed by atoms with Crippen molar-refractivity contribution in [3.63, 3.8) is 0 Å². The van der Waals surface area contributed by atoms with Crippen molar-refractivity contribution in [2.45, 2.75) is 25.8 Å². The average molecular weight is 351 g/mol. The van der Waals surface area contributed by atoms with Gasteiger partial charge in [-0.15, -0.1) is 0 Å². The van der Waals surface area contributed by atoms with Crippen molar-refractivity contribution in [3.05, 3.63) is 27.7 Å². The Labute approximate surface area is 126 Å². The molecule has 0 aromatic heterocycles. The van der Waals surface area contributed by atoms with E-state index in [2.05, 4.69) is 21.2 Å². The maximum Gasteiger partial charge on any atom is 0.258 e. The van der Waals surface area contributed by atoms with Crippen LogP contribution in [-0.2, 0) is 4.79 Å². The van der Waals surface area contributed by atoms with Gasteiger partial charge in [-0.25, -0.2) is 0 Å². The first-order valence-corrected chi connectivity index (χ1v) is 7.18. The summed E-state index contributed by atoms with van der Waals surface area (Å²) < 4.78 is 6.10. The minimum Gasteiger partial charge on any atom is -0.483 e. The molecular weight excluding hydrogens is 334 g/mol. The lowest BCUT2D eigenvalue weighted by Gasteiger charge is -2.14. The van der Waals surface area contributed by atoms with E-state index in [0.29, 0.717) is 21.7 Å². The number of ether oxygens (including phenoxy) is 1. The van der Waals surface area contributed by atoms with Crippen LogP contribution >= 0.6 is 27.5 Å². The molecule has 19 heavy (non-hydrogen) atoms. The van der Waals surface area contributed by atoms with Crippen LogP contribution in [0.5, 0.6) is 5.75 Å². The van der Waals surface area contributed by atoms with Crippen molar-refractivity contribution in [3.8, 4) is 5.75 Å². The van der Waals surface area contributed by atoms with Crippen molar-refractivity contribution in [2.24, 2.45) is 0 Å². The highest BCUT2D eigenvalue weighted by atomic mass is 79.9. The first-order chi connectivity index (χ1) is 9.02. The second-order valence-corrected chi connectivity index (χ2v) is 5.49. The molecule has 0 saturated carbocycles. The molecule has 0 radical (unpaired) electrons. The molecule has 1 aromatic carbocycles. The molecule has 2 N–H and O–H groups in total. The Morgan fingerprint density at radius 1 is 1.58 bits per heavy atom. The summed E-state index contributed by atoms with van der Waals surface area (Å²) in [5.74, 6) is 0.384. The highest BCUT2D eigenvalue weighted by Crippen LogP contribution is 2.27. The lowest BCUT2D eigenvalue weighted by atomic mass is 10.2. The fraction of sp³-hybridized carbons (Fsp3) is 0.462. The molecule has 106 valence electrons. The highest BCUT2D eigenvalue weighted by molar-refractivity contribution is 9.10. The van der Waals surface area contributed by atoms with E-state index in [9.17, 15) is 4.79 Å². The number of benzene rings is 1. The van der Waals surface area contributed by atoms with E-state index in [1.807, 2.05) is 6.92 Å². The molecule has 1 aromatic rings. The number of aliphatic hydroxyl groups excluding tert-OH is 1. The number of nitrogens with one attached hydrogen (secondary N) is 1. The van der Waals surface area contributed by atoms with E-state index in [-0.39, 0.29) is 25.2 Å². The quantitative estimate of drug-likeness (QED) is 0.795. The van der Waals surface area contributed by atoms with Gasteiger partial charge in [-0.3, -0.25) is 4.79 Å². The third kappa shape index (κ3) is 6.27. The molecule has 0 aliphatic carbocycles. The largest absolute Gasteiger partial charge is 0.483 e. The molecule has 0 fully saturated rings. The smallest absolute Gasteiger partial charge is 0.258 e. The summed E-state index contributed by atoms with van der Waals surface area (Å²) in [6.45, 7) is 1.98. The van der Waals surface area contributed by atoms with E-state index in [1.165, 1.54) is 0 Å². The zero-order valence-electron chi connectivity index (χ0n) is 10.7. The van der Waals surface area contributed by atoms with Crippen LogP contribution in [0.4, 0.5) is 0 Å². The van der Waals surface area contributed by atoms with Gasteiger partial charge in [-0.05, 0) is 53.9 Å². The highest BCUT2D eigenvalue weighted by Gasteiger charge is 2.09. The van der Waals surface area contributed by atoms with Crippen LogP contribution in [0.3, 0.4) is 0 Å². The van der Waals surface area contributed by atoms with E-state index < -0.39 is 0 Å². The van der Waals surface area contributed by atoms with E-state index in [1.54, 1.807) is 18.2 Å². The normalized spacial score (nSPS) is 12.0. The van der Waals surface area contributed by atoms with Crippen molar-refractivity contribution >= 4 is 33.4 Å². The van der Waals surface area contributed by atoms with Crippen LogP contribution < -0.4 is 10.1 Å². The standard InChI is InChI=1S/C13H17BrClNO3/c1-9(3-2-6-17)16-13(18)8-19-12-5-4-10(15)7-11(12)14/h4-5,7,9,17H,2-3,6,8H2,1H3,(H,16,18). The number of rotatable bonds is 7. The molecule has 0 aliphatic heterocycles. The SMILES string of the molecule is CC(CCCO)NC(=O)COc1ccc(Cl)cc1Br. The average Bonchev–Trinajstić information content (AvgIpc) is 2.35. The van der Waals surface area contributed by atoms with Gasteiger partial charge in [0, 0.05) is 17.7 Å². The van der Waals surface area contributed by atoms with Crippen LogP contribution in [0.25, 0.3) is 0 Å². The summed E-state index contributed by atoms with van der Waals surface area (Å²) in [7, 11) is 0. The predicted molar refractivity (Wildman–Crippen MR) is 78.6 cm³/mol. The van der Waals surface area contributed by atoms with Crippen molar-refractivity contribution in [1.82, 2.24) is 5.32 Å². The number of carbonyl (C=O) groups excluding carboxylic acids is 1. The van der Waals surface area contributed by atoms with Crippen LogP contribution in [0.1, 0.15) is 19.8 Å². The van der Waals surface area contributed by atoms with Crippen LogP contribution in [-0.4, -0.2) is 30.3 Å². The first-order valence-electron chi connectivity index (χ1n) is 6.01. The molecule has 0 saturated heterocycles. The van der Waals surface area contributed by atoms with Crippen molar-refractivity contribution < 1.29 is 14.6 Å². The van der Waals surface area contributed by atoms with Gasteiger partial charge in [0.2, 0.25) is 0 Å². The summed E-state index contributed by atoms with van der Waals surface area (Å²) in [5, 5.41) is 12.1. The van der Waals surface area contributed by atoms with Gasteiger partial charge >= 0.3 is 0 Å². The van der Waals surface area contributed by atoms with Gasteiger partial charge in [-0.2, -0.15) is 0 Å². The van der Waals surface area contributed by atoms with Gasteiger partial charge in [0.15, 0.2) is 6.61 Å². The second kappa shape index (κ2) is 8.40. The maximum atomic E-state index is 11.6. The first kappa shape index (κ1) is 16.3. The number of carbonyl (C=O) groups is 1. The molecule has 1 unspecified atom stereocenters. The zero-order chi connectivity index (χ0) is 14.3. The molecule has 1 amide bonds. The van der Waals surface area contributed by atoms with E-state index >= 15 is 0 Å². The summed E-state index contributed by atoms with van der Waals surface area (Å²) in [4.78, 5) is 11.6. The summed E-state index contributed by atoms with van der Waals surface area (Å²) >= 11 is 9.13. The fourth-order valence-electron chi connectivity index (χ4n) is 1.52. The van der Waals surface area contributed by atoms with E-state index in [4.69, 9.17) is 21.4 Å². The Kier molecular flexibility index (Phi) is 7.20. The van der Waals surface area contributed by atoms with E-state index in [0.717, 1.165) is 6.42 Å². The number of hydrogen-bond donors (Lipinski definition) is 2. The third-order valence-corrected chi connectivity index (χ3v) is 3.31. The molecule has 0 aliphatic rings. The number of halogens is 2. The van der Waals surface area contributed by atoms with Crippen LogP contribution in [0, 0.1) is 0 Å².